The Morgan fingerprint density at radius 3 is 2.31 bits per heavy atom. The van der Waals surface area contributed by atoms with Crippen LogP contribution in [0.1, 0.15) is 44.0 Å². The number of nitrogens with zero attached hydrogens (tertiary/aromatic N) is 1. The second-order valence-electron chi connectivity index (χ2n) is 6.65. The van der Waals surface area contributed by atoms with Gasteiger partial charge in [-0.15, -0.1) is 0 Å². The number of anilines is 2. The van der Waals surface area contributed by atoms with E-state index in [4.69, 9.17) is 4.74 Å². The highest BCUT2D eigenvalue weighted by molar-refractivity contribution is 5.96. The summed E-state index contributed by atoms with van der Waals surface area (Å²) in [4.78, 5) is 26.4. The summed E-state index contributed by atoms with van der Waals surface area (Å²) in [6.07, 6.45) is 2.05. The molecule has 2 aromatic rings. The molecule has 156 valence electrons. The van der Waals surface area contributed by atoms with Crippen LogP contribution in [0.3, 0.4) is 0 Å². The minimum atomic E-state index is -0.170. The minimum absolute atomic E-state index is 0.00535. The van der Waals surface area contributed by atoms with Gasteiger partial charge < -0.3 is 20.3 Å². The van der Waals surface area contributed by atoms with Gasteiger partial charge >= 0.3 is 0 Å². The van der Waals surface area contributed by atoms with E-state index in [2.05, 4.69) is 17.6 Å². The van der Waals surface area contributed by atoms with Gasteiger partial charge in [-0.05, 0) is 56.7 Å². The summed E-state index contributed by atoms with van der Waals surface area (Å²) in [5, 5.41) is 5.96. The highest BCUT2D eigenvalue weighted by Gasteiger charge is 2.12. The Bertz CT molecular complexity index is 786. The van der Waals surface area contributed by atoms with Gasteiger partial charge in [-0.3, -0.25) is 9.59 Å². The third-order valence-electron chi connectivity index (χ3n) is 4.55. The number of nitrogens with one attached hydrogen (secondary N) is 2. The molecule has 0 aromatic heterocycles. The van der Waals surface area contributed by atoms with E-state index in [0.29, 0.717) is 30.9 Å². The van der Waals surface area contributed by atoms with Gasteiger partial charge in [0, 0.05) is 24.3 Å². The molecule has 0 saturated heterocycles. The summed E-state index contributed by atoms with van der Waals surface area (Å²) in [6.45, 7) is 8.14. The number of carbonyl (C=O) groups excluding carboxylic acids is 2. The van der Waals surface area contributed by atoms with Gasteiger partial charge in [0.2, 0.25) is 5.91 Å². The number of hydrogen-bond acceptors (Lipinski definition) is 4. The summed E-state index contributed by atoms with van der Waals surface area (Å²) in [5.41, 5.74) is 2.06. The van der Waals surface area contributed by atoms with Crippen molar-refractivity contribution < 1.29 is 14.3 Å². The van der Waals surface area contributed by atoms with Crippen molar-refractivity contribution in [2.75, 3.05) is 36.9 Å². The van der Waals surface area contributed by atoms with Crippen molar-refractivity contribution in [2.45, 2.75) is 33.6 Å². The van der Waals surface area contributed by atoms with Crippen molar-refractivity contribution >= 4 is 23.2 Å². The van der Waals surface area contributed by atoms with E-state index in [-0.39, 0.29) is 18.4 Å². The summed E-state index contributed by atoms with van der Waals surface area (Å²) in [5.74, 6) is 0.568. The van der Waals surface area contributed by atoms with Gasteiger partial charge in [0.05, 0.1) is 18.8 Å². The molecule has 2 N–H and O–H groups in total. The molecular formula is C23H31N3O3. The molecule has 6 heteroatoms. The highest BCUT2D eigenvalue weighted by atomic mass is 16.5. The zero-order valence-electron chi connectivity index (χ0n) is 17.5. The lowest BCUT2D eigenvalue weighted by Crippen LogP contribution is -2.30. The van der Waals surface area contributed by atoms with Gasteiger partial charge in [-0.1, -0.05) is 25.5 Å². The lowest BCUT2D eigenvalue weighted by Gasteiger charge is -2.18. The lowest BCUT2D eigenvalue weighted by atomic mass is 10.1. The molecule has 6 nitrogen and oxygen atoms in total. The molecule has 2 amide bonds. The Morgan fingerprint density at radius 1 is 0.966 bits per heavy atom. The van der Waals surface area contributed by atoms with Crippen molar-refractivity contribution in [3.63, 3.8) is 0 Å². The van der Waals surface area contributed by atoms with Crippen LogP contribution in [0.2, 0.25) is 0 Å². The number of ether oxygens (including phenoxy) is 1. The Hall–Kier alpha value is -3.02. The van der Waals surface area contributed by atoms with Crippen LogP contribution in [-0.4, -0.2) is 43.0 Å². The normalized spacial score (nSPS) is 10.3. The van der Waals surface area contributed by atoms with Crippen molar-refractivity contribution in [3.8, 4) is 5.75 Å². The fourth-order valence-corrected chi connectivity index (χ4v) is 2.84. The third-order valence-corrected chi connectivity index (χ3v) is 4.55. The minimum Gasteiger partial charge on any atom is -0.491 e. The summed E-state index contributed by atoms with van der Waals surface area (Å²) in [6, 6.07) is 14.6. The Balaban J connectivity index is 1.89. The van der Waals surface area contributed by atoms with E-state index in [9.17, 15) is 9.59 Å². The number of hydrogen-bond donors (Lipinski definition) is 2. The van der Waals surface area contributed by atoms with E-state index in [1.807, 2.05) is 38.1 Å². The maximum absolute atomic E-state index is 12.3. The van der Waals surface area contributed by atoms with Crippen molar-refractivity contribution in [3.05, 3.63) is 54.1 Å². The number of amides is 2. The molecular weight excluding hydrogens is 366 g/mol. The molecule has 2 rings (SSSR count). The quantitative estimate of drug-likeness (QED) is 0.552. The largest absolute Gasteiger partial charge is 0.491 e. The first kappa shape index (κ1) is 22.3. The van der Waals surface area contributed by atoms with Crippen molar-refractivity contribution in [1.29, 1.82) is 0 Å². The van der Waals surface area contributed by atoms with Crippen LogP contribution in [0, 0.1) is 0 Å². The molecule has 0 fully saturated rings. The fourth-order valence-electron chi connectivity index (χ4n) is 2.84. The smallest absolute Gasteiger partial charge is 0.253 e. The number of para-hydroxylation sites is 2. The van der Waals surface area contributed by atoms with Crippen LogP contribution in [0.5, 0.6) is 5.75 Å². The molecule has 0 aliphatic rings. The van der Waals surface area contributed by atoms with Gasteiger partial charge in [-0.2, -0.15) is 0 Å². The SMILES string of the molecule is CCCCOc1ccccc1NCC(=O)Nc1ccc(C(=O)N(CC)CC)cc1. The molecule has 0 radical (unpaired) electrons. The predicted molar refractivity (Wildman–Crippen MR) is 118 cm³/mol. The predicted octanol–water partition coefficient (Wildman–Crippen LogP) is 4.40. The van der Waals surface area contributed by atoms with E-state index < -0.39 is 0 Å². The first-order valence-electron chi connectivity index (χ1n) is 10.2. The molecule has 0 aliphatic heterocycles. The molecule has 0 heterocycles. The van der Waals surface area contributed by atoms with Gasteiger partial charge in [0.1, 0.15) is 5.75 Å². The van der Waals surface area contributed by atoms with Crippen LogP contribution in [0.4, 0.5) is 11.4 Å². The average Bonchev–Trinajstić information content (AvgIpc) is 2.74. The highest BCUT2D eigenvalue weighted by Crippen LogP contribution is 2.23. The Morgan fingerprint density at radius 2 is 1.66 bits per heavy atom. The van der Waals surface area contributed by atoms with E-state index in [1.165, 1.54) is 0 Å². The molecule has 29 heavy (non-hydrogen) atoms. The number of carbonyl (C=O) groups is 2. The Kier molecular flexibility index (Phi) is 9.02. The van der Waals surface area contributed by atoms with E-state index >= 15 is 0 Å². The summed E-state index contributed by atoms with van der Waals surface area (Å²) in [7, 11) is 0. The number of rotatable bonds is 11. The van der Waals surface area contributed by atoms with Gasteiger partial charge in [0.15, 0.2) is 0 Å². The first-order chi connectivity index (χ1) is 14.1. The second-order valence-corrected chi connectivity index (χ2v) is 6.65. The zero-order chi connectivity index (χ0) is 21.1. The van der Waals surface area contributed by atoms with Gasteiger partial charge in [-0.25, -0.2) is 0 Å². The second kappa shape index (κ2) is 11.7. The van der Waals surface area contributed by atoms with Crippen LogP contribution >= 0.6 is 0 Å². The van der Waals surface area contributed by atoms with Crippen molar-refractivity contribution in [1.82, 2.24) is 4.90 Å². The van der Waals surface area contributed by atoms with Gasteiger partial charge in [0.25, 0.3) is 5.91 Å². The summed E-state index contributed by atoms with van der Waals surface area (Å²) < 4.78 is 5.77. The molecule has 0 saturated carbocycles. The lowest BCUT2D eigenvalue weighted by molar-refractivity contribution is -0.114. The van der Waals surface area contributed by atoms with Crippen LogP contribution in [-0.2, 0) is 4.79 Å². The molecule has 0 bridgehead atoms. The third kappa shape index (κ3) is 6.82. The van der Waals surface area contributed by atoms with Crippen LogP contribution in [0.25, 0.3) is 0 Å². The van der Waals surface area contributed by atoms with Crippen LogP contribution in [0.15, 0.2) is 48.5 Å². The summed E-state index contributed by atoms with van der Waals surface area (Å²) >= 11 is 0. The number of unbranched alkanes of at least 4 members (excludes halogenated alkanes) is 1. The van der Waals surface area contributed by atoms with Crippen LogP contribution < -0.4 is 15.4 Å². The monoisotopic (exact) mass is 397 g/mol. The first-order valence-corrected chi connectivity index (χ1v) is 10.2. The molecule has 0 atom stereocenters. The molecule has 2 aromatic carbocycles. The number of benzene rings is 2. The van der Waals surface area contributed by atoms with E-state index in [0.717, 1.165) is 24.3 Å². The maximum atomic E-state index is 12.3. The van der Waals surface area contributed by atoms with E-state index in [1.54, 1.807) is 29.2 Å². The average molecular weight is 398 g/mol. The fraction of sp³-hybridized carbons (Fsp3) is 0.391. The molecule has 0 spiro atoms. The topological polar surface area (TPSA) is 70.7 Å². The molecule has 0 aliphatic carbocycles. The Labute approximate surface area is 173 Å². The van der Waals surface area contributed by atoms with Crippen molar-refractivity contribution in [2.24, 2.45) is 0 Å². The zero-order valence-corrected chi connectivity index (χ0v) is 17.5. The maximum Gasteiger partial charge on any atom is 0.253 e. The molecule has 0 unspecified atom stereocenters. The standard InChI is InChI=1S/C23H31N3O3/c1-4-7-16-29-21-11-9-8-10-20(21)24-17-22(27)25-19-14-12-18(13-15-19)23(28)26(5-2)6-3/h8-15,24H,4-7,16-17H2,1-3H3,(H,25,27).